The van der Waals surface area contributed by atoms with E-state index in [1.165, 1.54) is 13.4 Å². The molecule has 2 rings (SSSR count). The molecule has 19 heavy (non-hydrogen) atoms. The third kappa shape index (κ3) is 3.26. The van der Waals surface area contributed by atoms with Crippen molar-refractivity contribution in [2.24, 2.45) is 0 Å². The maximum atomic E-state index is 5.92. The van der Waals surface area contributed by atoms with Gasteiger partial charge in [-0.3, -0.25) is 0 Å². The first-order chi connectivity index (χ1) is 9.24. The van der Waals surface area contributed by atoms with Crippen molar-refractivity contribution in [2.45, 2.75) is 6.54 Å². The molecule has 0 aliphatic heterocycles. The lowest BCUT2D eigenvalue weighted by molar-refractivity contribution is 0.412. The van der Waals surface area contributed by atoms with Gasteiger partial charge in [0.2, 0.25) is 0 Å². The number of halogens is 1. The minimum atomic E-state index is 0.283. The van der Waals surface area contributed by atoms with Crippen LogP contribution in [0, 0.1) is 0 Å². The van der Waals surface area contributed by atoms with Gasteiger partial charge in [-0.2, -0.15) is 0 Å². The fourth-order valence-corrected chi connectivity index (χ4v) is 1.84. The van der Waals surface area contributed by atoms with Crippen LogP contribution in [0.15, 0.2) is 30.6 Å². The Morgan fingerprint density at radius 1 is 1.21 bits per heavy atom. The smallest absolute Gasteiger partial charge is 0.198 e. The highest BCUT2D eigenvalue weighted by molar-refractivity contribution is 6.31. The van der Waals surface area contributed by atoms with Crippen LogP contribution in [-0.4, -0.2) is 24.2 Å². The molecule has 0 unspecified atom stereocenters. The predicted octanol–water partition coefficient (Wildman–Crippen LogP) is 2.76. The molecule has 5 nitrogen and oxygen atoms in total. The van der Waals surface area contributed by atoms with Gasteiger partial charge in [-0.25, -0.2) is 9.97 Å². The molecule has 1 heterocycles. The number of anilines is 1. The van der Waals surface area contributed by atoms with E-state index in [1.54, 1.807) is 7.11 Å². The van der Waals surface area contributed by atoms with Gasteiger partial charge in [0.25, 0.3) is 0 Å². The van der Waals surface area contributed by atoms with E-state index in [4.69, 9.17) is 21.1 Å². The van der Waals surface area contributed by atoms with Gasteiger partial charge in [-0.15, -0.1) is 0 Å². The zero-order valence-corrected chi connectivity index (χ0v) is 11.4. The number of rotatable bonds is 5. The number of nitrogens with one attached hydrogen (secondary N) is 1. The molecular formula is C13H14ClN3O2. The molecule has 0 saturated heterocycles. The summed E-state index contributed by atoms with van der Waals surface area (Å²) in [7, 11) is 3.17. The number of ether oxygens (including phenoxy) is 2. The highest BCUT2D eigenvalue weighted by atomic mass is 35.5. The Morgan fingerprint density at radius 2 is 2.05 bits per heavy atom. The summed E-state index contributed by atoms with van der Waals surface area (Å²) in [6, 6.07) is 7.76. The van der Waals surface area contributed by atoms with Gasteiger partial charge in [-0.05, 0) is 17.7 Å². The maximum absolute atomic E-state index is 5.92. The number of hydrogen-bond donors (Lipinski definition) is 1. The lowest BCUT2D eigenvalue weighted by Gasteiger charge is -2.11. The SMILES string of the molecule is COc1cccc(CNc2ncnc(Cl)c2OC)c1. The van der Waals surface area contributed by atoms with E-state index in [-0.39, 0.29) is 5.15 Å². The van der Waals surface area contributed by atoms with Crippen LogP contribution in [0.25, 0.3) is 0 Å². The molecule has 1 N–H and O–H groups in total. The van der Waals surface area contributed by atoms with Crippen LogP contribution < -0.4 is 14.8 Å². The molecule has 6 heteroatoms. The summed E-state index contributed by atoms with van der Waals surface area (Å²) < 4.78 is 10.3. The zero-order valence-electron chi connectivity index (χ0n) is 10.7. The molecule has 0 bridgehead atoms. The molecular weight excluding hydrogens is 266 g/mol. The van der Waals surface area contributed by atoms with E-state index in [9.17, 15) is 0 Å². The van der Waals surface area contributed by atoms with Crippen LogP contribution in [0.4, 0.5) is 5.82 Å². The first-order valence-electron chi connectivity index (χ1n) is 5.66. The van der Waals surface area contributed by atoms with Crippen LogP contribution in [0.1, 0.15) is 5.56 Å². The standard InChI is InChI=1S/C13H14ClN3O2/c1-18-10-5-3-4-9(6-10)7-15-13-11(19-2)12(14)16-8-17-13/h3-6,8H,7H2,1-2H3,(H,15,16,17). The van der Waals surface area contributed by atoms with E-state index >= 15 is 0 Å². The number of aromatic nitrogens is 2. The molecule has 0 spiro atoms. The minimum Gasteiger partial charge on any atom is -0.497 e. The summed E-state index contributed by atoms with van der Waals surface area (Å²) in [5, 5.41) is 3.44. The van der Waals surface area contributed by atoms with E-state index in [1.807, 2.05) is 24.3 Å². The van der Waals surface area contributed by atoms with Crippen molar-refractivity contribution in [2.75, 3.05) is 19.5 Å². The summed E-state index contributed by atoms with van der Waals surface area (Å²) >= 11 is 5.92. The second-order valence-electron chi connectivity index (χ2n) is 3.75. The van der Waals surface area contributed by atoms with Gasteiger partial charge in [-0.1, -0.05) is 23.7 Å². The van der Waals surface area contributed by atoms with Crippen molar-refractivity contribution < 1.29 is 9.47 Å². The molecule has 1 aromatic carbocycles. The van der Waals surface area contributed by atoms with E-state index in [2.05, 4.69) is 15.3 Å². The second kappa shape index (κ2) is 6.24. The summed E-state index contributed by atoms with van der Waals surface area (Å²) in [6.07, 6.45) is 1.39. The van der Waals surface area contributed by atoms with Crippen molar-refractivity contribution in [3.05, 3.63) is 41.3 Å². The Balaban J connectivity index is 2.12. The monoisotopic (exact) mass is 279 g/mol. The fourth-order valence-electron chi connectivity index (χ4n) is 1.63. The summed E-state index contributed by atoms with van der Waals surface area (Å²) in [5.41, 5.74) is 1.07. The Bertz CT molecular complexity index is 563. The molecule has 0 fully saturated rings. The van der Waals surface area contributed by atoms with Crippen molar-refractivity contribution in [3.63, 3.8) is 0 Å². The topological polar surface area (TPSA) is 56.3 Å². The van der Waals surface area contributed by atoms with Gasteiger partial charge >= 0.3 is 0 Å². The molecule has 0 aliphatic rings. The zero-order chi connectivity index (χ0) is 13.7. The van der Waals surface area contributed by atoms with Gasteiger partial charge < -0.3 is 14.8 Å². The van der Waals surface area contributed by atoms with Crippen LogP contribution in [0.5, 0.6) is 11.5 Å². The normalized spacial score (nSPS) is 10.1. The second-order valence-corrected chi connectivity index (χ2v) is 4.11. The Labute approximate surface area is 116 Å². The van der Waals surface area contributed by atoms with E-state index in [0.29, 0.717) is 18.1 Å². The molecule has 0 radical (unpaired) electrons. The average Bonchev–Trinajstić information content (AvgIpc) is 2.45. The van der Waals surface area contributed by atoms with Crippen LogP contribution in [-0.2, 0) is 6.54 Å². The Kier molecular flexibility index (Phi) is 4.41. The van der Waals surface area contributed by atoms with E-state index in [0.717, 1.165) is 11.3 Å². The van der Waals surface area contributed by atoms with Gasteiger partial charge in [0, 0.05) is 6.54 Å². The van der Waals surface area contributed by atoms with Crippen molar-refractivity contribution in [1.82, 2.24) is 9.97 Å². The number of benzene rings is 1. The Morgan fingerprint density at radius 3 is 2.79 bits per heavy atom. The molecule has 0 saturated carbocycles. The quantitative estimate of drug-likeness (QED) is 0.853. The number of hydrogen-bond acceptors (Lipinski definition) is 5. The van der Waals surface area contributed by atoms with Crippen LogP contribution in [0.2, 0.25) is 5.15 Å². The summed E-state index contributed by atoms with van der Waals surface area (Å²) in [6.45, 7) is 0.584. The highest BCUT2D eigenvalue weighted by Crippen LogP contribution is 2.28. The van der Waals surface area contributed by atoms with Crippen molar-refractivity contribution in [3.8, 4) is 11.5 Å². The average molecular weight is 280 g/mol. The molecule has 100 valence electrons. The van der Waals surface area contributed by atoms with Gasteiger partial charge in [0.05, 0.1) is 14.2 Å². The van der Waals surface area contributed by atoms with Gasteiger partial charge in [0.1, 0.15) is 12.1 Å². The first-order valence-corrected chi connectivity index (χ1v) is 6.03. The first kappa shape index (κ1) is 13.4. The van der Waals surface area contributed by atoms with Crippen molar-refractivity contribution in [1.29, 1.82) is 0 Å². The maximum Gasteiger partial charge on any atom is 0.198 e. The lowest BCUT2D eigenvalue weighted by Crippen LogP contribution is -2.04. The molecule has 0 aliphatic carbocycles. The third-order valence-electron chi connectivity index (χ3n) is 2.56. The Hall–Kier alpha value is -2.01. The molecule has 1 aromatic heterocycles. The number of methoxy groups -OCH3 is 2. The third-order valence-corrected chi connectivity index (χ3v) is 2.83. The molecule has 2 aromatic rings. The van der Waals surface area contributed by atoms with E-state index < -0.39 is 0 Å². The highest BCUT2D eigenvalue weighted by Gasteiger charge is 2.09. The minimum absolute atomic E-state index is 0.283. The molecule has 0 atom stereocenters. The van der Waals surface area contributed by atoms with Crippen LogP contribution in [0.3, 0.4) is 0 Å². The van der Waals surface area contributed by atoms with Gasteiger partial charge in [0.15, 0.2) is 16.7 Å². The fraction of sp³-hybridized carbons (Fsp3) is 0.231. The van der Waals surface area contributed by atoms with Crippen LogP contribution >= 0.6 is 11.6 Å². The lowest BCUT2D eigenvalue weighted by atomic mass is 10.2. The predicted molar refractivity (Wildman–Crippen MR) is 73.9 cm³/mol. The summed E-state index contributed by atoms with van der Waals surface area (Å²) in [5.74, 6) is 1.81. The van der Waals surface area contributed by atoms with Crippen molar-refractivity contribution >= 4 is 17.4 Å². The number of nitrogens with zero attached hydrogens (tertiary/aromatic N) is 2. The summed E-state index contributed by atoms with van der Waals surface area (Å²) in [4.78, 5) is 7.97. The largest absolute Gasteiger partial charge is 0.497 e. The molecule has 0 amide bonds.